The van der Waals surface area contributed by atoms with Gasteiger partial charge in [-0.05, 0) is 12.1 Å². The van der Waals surface area contributed by atoms with E-state index in [1.54, 1.807) is 4.90 Å². The van der Waals surface area contributed by atoms with Crippen LogP contribution in [0.3, 0.4) is 0 Å². The van der Waals surface area contributed by atoms with E-state index in [-0.39, 0.29) is 11.5 Å². The summed E-state index contributed by atoms with van der Waals surface area (Å²) >= 11 is 0. The maximum atomic E-state index is 10.8. The average molecular weight is 208 g/mol. The normalized spacial score (nSPS) is 21.3. The van der Waals surface area contributed by atoms with Crippen molar-refractivity contribution in [3.8, 4) is 0 Å². The third-order valence-electron chi connectivity index (χ3n) is 2.43. The number of rotatable bonds is 2. The average Bonchev–Trinajstić information content (AvgIpc) is 2.30. The van der Waals surface area contributed by atoms with E-state index < -0.39 is 6.17 Å². The zero-order chi connectivity index (χ0) is 10.7. The van der Waals surface area contributed by atoms with E-state index in [1.165, 1.54) is 0 Å². The van der Waals surface area contributed by atoms with E-state index in [0.29, 0.717) is 13.2 Å². The molecular weight excluding hydrogens is 196 g/mol. The van der Waals surface area contributed by atoms with E-state index >= 15 is 0 Å². The van der Waals surface area contributed by atoms with Gasteiger partial charge in [-0.3, -0.25) is 10.1 Å². The van der Waals surface area contributed by atoms with Crippen LogP contribution in [-0.4, -0.2) is 30.8 Å². The second-order valence-electron chi connectivity index (χ2n) is 3.37. The maximum Gasteiger partial charge on any atom is 0.310 e. The van der Waals surface area contributed by atoms with Gasteiger partial charge in [-0.1, -0.05) is 18.2 Å². The van der Waals surface area contributed by atoms with E-state index in [9.17, 15) is 10.1 Å². The predicted octanol–water partition coefficient (Wildman–Crippen LogP) is 1.13. The third-order valence-corrected chi connectivity index (χ3v) is 2.43. The minimum atomic E-state index is -0.763. The van der Waals surface area contributed by atoms with Gasteiger partial charge in [-0.25, -0.2) is 0 Å². The summed E-state index contributed by atoms with van der Waals surface area (Å²) < 4.78 is 5.11. The third kappa shape index (κ3) is 2.07. The highest BCUT2D eigenvalue weighted by Gasteiger charge is 2.32. The monoisotopic (exact) mass is 208 g/mol. The molecule has 1 atom stereocenters. The molecular formula is C10H12N2O3. The molecule has 80 valence electrons. The Morgan fingerprint density at radius 2 is 2.13 bits per heavy atom. The number of hydrogen-bond acceptors (Lipinski definition) is 4. The van der Waals surface area contributed by atoms with E-state index in [0.717, 1.165) is 5.69 Å². The molecule has 0 aromatic heterocycles. The standard InChI is InChI=1S/C10H12N2O3/c13-12(14)10-8-15-7-6-11(10)9-4-2-1-3-5-9/h1-5,10H,6-8H2. The topological polar surface area (TPSA) is 55.6 Å². The van der Waals surface area contributed by atoms with Crippen LogP contribution in [-0.2, 0) is 4.74 Å². The lowest BCUT2D eigenvalue weighted by Crippen LogP contribution is -2.50. The van der Waals surface area contributed by atoms with Crippen LogP contribution in [0.1, 0.15) is 0 Å². The maximum absolute atomic E-state index is 10.8. The Bertz CT molecular complexity index is 342. The largest absolute Gasteiger partial charge is 0.370 e. The fourth-order valence-electron chi connectivity index (χ4n) is 1.69. The highest BCUT2D eigenvalue weighted by Crippen LogP contribution is 2.19. The number of nitrogens with zero attached hydrogens (tertiary/aromatic N) is 2. The summed E-state index contributed by atoms with van der Waals surface area (Å²) in [5.41, 5.74) is 0.877. The summed E-state index contributed by atoms with van der Waals surface area (Å²) in [6, 6.07) is 9.40. The van der Waals surface area contributed by atoms with Crippen molar-refractivity contribution < 1.29 is 9.66 Å². The fourth-order valence-corrected chi connectivity index (χ4v) is 1.69. The molecule has 0 radical (unpaired) electrons. The minimum Gasteiger partial charge on any atom is -0.370 e. The summed E-state index contributed by atoms with van der Waals surface area (Å²) in [5.74, 6) is 0. The van der Waals surface area contributed by atoms with Crippen molar-refractivity contribution in [2.75, 3.05) is 24.7 Å². The van der Waals surface area contributed by atoms with Crippen molar-refractivity contribution in [1.29, 1.82) is 0 Å². The van der Waals surface area contributed by atoms with Crippen LogP contribution >= 0.6 is 0 Å². The molecule has 0 bridgehead atoms. The second kappa shape index (κ2) is 4.27. The molecule has 5 nitrogen and oxygen atoms in total. The SMILES string of the molecule is O=[N+]([O-])C1COCCN1c1ccccc1. The molecule has 1 unspecified atom stereocenters. The fraction of sp³-hybridized carbons (Fsp3) is 0.400. The molecule has 0 aliphatic carbocycles. The van der Waals surface area contributed by atoms with Crippen molar-refractivity contribution >= 4 is 5.69 Å². The first-order valence-corrected chi connectivity index (χ1v) is 4.82. The van der Waals surface area contributed by atoms with Gasteiger partial charge in [-0.15, -0.1) is 0 Å². The summed E-state index contributed by atoms with van der Waals surface area (Å²) in [5, 5.41) is 10.8. The van der Waals surface area contributed by atoms with Gasteiger partial charge in [0.25, 0.3) is 0 Å². The lowest BCUT2D eigenvalue weighted by atomic mass is 10.2. The zero-order valence-electron chi connectivity index (χ0n) is 8.20. The van der Waals surface area contributed by atoms with Crippen molar-refractivity contribution in [3.63, 3.8) is 0 Å². The Morgan fingerprint density at radius 3 is 2.80 bits per heavy atom. The number of morpholine rings is 1. The van der Waals surface area contributed by atoms with E-state index in [4.69, 9.17) is 4.74 Å². The minimum absolute atomic E-state index is 0.155. The zero-order valence-corrected chi connectivity index (χ0v) is 8.20. The van der Waals surface area contributed by atoms with E-state index in [1.807, 2.05) is 30.3 Å². The van der Waals surface area contributed by atoms with Crippen LogP contribution in [0.15, 0.2) is 30.3 Å². The van der Waals surface area contributed by atoms with Gasteiger partial charge in [0.15, 0.2) is 0 Å². The molecule has 0 spiro atoms. The van der Waals surface area contributed by atoms with Gasteiger partial charge in [-0.2, -0.15) is 0 Å². The molecule has 0 amide bonds. The molecule has 2 rings (SSSR count). The van der Waals surface area contributed by atoms with Gasteiger partial charge in [0, 0.05) is 17.2 Å². The van der Waals surface area contributed by atoms with Crippen molar-refractivity contribution in [1.82, 2.24) is 0 Å². The van der Waals surface area contributed by atoms with Gasteiger partial charge in [0.1, 0.15) is 6.61 Å². The molecule has 1 heterocycles. The summed E-state index contributed by atoms with van der Waals surface area (Å²) in [4.78, 5) is 12.3. The highest BCUT2D eigenvalue weighted by molar-refractivity contribution is 5.46. The molecule has 0 saturated carbocycles. The quantitative estimate of drug-likeness (QED) is 0.540. The van der Waals surface area contributed by atoms with Crippen LogP contribution in [0.5, 0.6) is 0 Å². The van der Waals surface area contributed by atoms with Crippen molar-refractivity contribution in [2.45, 2.75) is 6.17 Å². The first-order chi connectivity index (χ1) is 7.29. The highest BCUT2D eigenvalue weighted by atomic mass is 16.6. The Morgan fingerprint density at radius 1 is 1.40 bits per heavy atom. The number of ether oxygens (including phenoxy) is 1. The Balaban J connectivity index is 2.22. The lowest BCUT2D eigenvalue weighted by molar-refractivity contribution is -0.528. The molecule has 5 heteroatoms. The summed E-state index contributed by atoms with van der Waals surface area (Å²) in [6.45, 7) is 1.26. The number of nitro groups is 1. The number of anilines is 1. The Hall–Kier alpha value is -1.62. The van der Waals surface area contributed by atoms with Gasteiger partial charge in [0.2, 0.25) is 0 Å². The molecule has 1 saturated heterocycles. The molecule has 1 aliphatic rings. The predicted molar refractivity (Wildman–Crippen MR) is 55.4 cm³/mol. The number of benzene rings is 1. The van der Waals surface area contributed by atoms with Crippen LogP contribution in [0, 0.1) is 10.1 Å². The van der Waals surface area contributed by atoms with Crippen LogP contribution < -0.4 is 4.90 Å². The first-order valence-electron chi connectivity index (χ1n) is 4.82. The molecule has 1 aromatic rings. The number of hydrogen-bond donors (Lipinski definition) is 0. The second-order valence-corrected chi connectivity index (χ2v) is 3.37. The van der Waals surface area contributed by atoms with Crippen molar-refractivity contribution in [2.24, 2.45) is 0 Å². The van der Waals surface area contributed by atoms with Gasteiger partial charge in [0.05, 0.1) is 6.61 Å². The molecule has 1 aromatic carbocycles. The Labute approximate surface area is 87.4 Å². The van der Waals surface area contributed by atoms with Crippen LogP contribution in [0.4, 0.5) is 5.69 Å². The lowest BCUT2D eigenvalue weighted by Gasteiger charge is -2.31. The van der Waals surface area contributed by atoms with Crippen LogP contribution in [0.25, 0.3) is 0 Å². The molecule has 1 aliphatic heterocycles. The Kier molecular flexibility index (Phi) is 2.82. The first kappa shape index (κ1) is 9.92. The van der Waals surface area contributed by atoms with Gasteiger partial charge < -0.3 is 9.64 Å². The molecule has 0 N–H and O–H groups in total. The van der Waals surface area contributed by atoms with E-state index in [2.05, 4.69) is 0 Å². The smallest absolute Gasteiger partial charge is 0.310 e. The van der Waals surface area contributed by atoms with Crippen molar-refractivity contribution in [3.05, 3.63) is 40.4 Å². The molecule has 1 fully saturated rings. The molecule has 15 heavy (non-hydrogen) atoms. The number of para-hydroxylation sites is 1. The summed E-state index contributed by atoms with van der Waals surface area (Å²) in [6.07, 6.45) is -0.763. The van der Waals surface area contributed by atoms with Crippen LogP contribution in [0.2, 0.25) is 0 Å². The summed E-state index contributed by atoms with van der Waals surface area (Å²) in [7, 11) is 0. The van der Waals surface area contributed by atoms with Gasteiger partial charge >= 0.3 is 6.17 Å².